The van der Waals surface area contributed by atoms with Gasteiger partial charge < -0.3 is 9.64 Å². The minimum Gasteiger partial charge on any atom is -0.497 e. The Bertz CT molecular complexity index is 581. The second-order valence-electron chi connectivity index (χ2n) is 4.11. The molecule has 2 rings (SSSR count). The first-order valence-corrected chi connectivity index (χ1v) is 6.27. The maximum absolute atomic E-state index is 12.3. The van der Waals surface area contributed by atoms with Crippen molar-refractivity contribution in [2.45, 2.75) is 4.90 Å². The largest absolute Gasteiger partial charge is 0.497 e. The maximum atomic E-state index is 12.3. The van der Waals surface area contributed by atoms with Gasteiger partial charge in [-0.3, -0.25) is 4.79 Å². The minimum absolute atomic E-state index is 0.0685. The molecule has 2 aromatic rings. The van der Waals surface area contributed by atoms with Crippen molar-refractivity contribution in [2.75, 3.05) is 19.1 Å². The van der Waals surface area contributed by atoms with Gasteiger partial charge in [0.25, 0.3) is 5.91 Å². The van der Waals surface area contributed by atoms with E-state index in [-0.39, 0.29) is 5.91 Å². The summed E-state index contributed by atoms with van der Waals surface area (Å²) < 4.78 is 5.10. The van der Waals surface area contributed by atoms with Crippen molar-refractivity contribution in [3.8, 4) is 5.75 Å². The quantitative estimate of drug-likeness (QED) is 0.870. The second-order valence-corrected chi connectivity index (χ2v) is 4.63. The molecule has 0 bridgehead atoms. The van der Waals surface area contributed by atoms with Crippen LogP contribution in [0.3, 0.4) is 0 Å². The molecule has 0 aliphatic carbocycles. The predicted molar refractivity (Wildman–Crippen MR) is 79.4 cm³/mol. The smallest absolute Gasteiger partial charge is 0.258 e. The normalized spacial score (nSPS) is 10.1. The van der Waals surface area contributed by atoms with Crippen LogP contribution in [0.5, 0.6) is 5.75 Å². The highest BCUT2D eigenvalue weighted by Crippen LogP contribution is 2.20. The van der Waals surface area contributed by atoms with E-state index in [1.54, 1.807) is 31.2 Å². The molecule has 0 saturated heterocycles. The number of carbonyl (C=O) groups excluding carboxylic acids is 1. The Morgan fingerprint density at radius 3 is 2.42 bits per heavy atom. The number of rotatable bonds is 3. The lowest BCUT2D eigenvalue weighted by atomic mass is 10.2. The average Bonchev–Trinajstić information content (AvgIpc) is 2.46. The monoisotopic (exact) mass is 273 g/mol. The number of thiol groups is 1. The summed E-state index contributed by atoms with van der Waals surface area (Å²) in [6.45, 7) is 0. The molecule has 0 aliphatic rings. The van der Waals surface area contributed by atoms with E-state index in [1.807, 2.05) is 36.4 Å². The van der Waals surface area contributed by atoms with Crippen LogP contribution in [0.15, 0.2) is 53.4 Å². The first-order chi connectivity index (χ1) is 9.11. The van der Waals surface area contributed by atoms with Crippen molar-refractivity contribution in [3.63, 3.8) is 0 Å². The molecule has 0 N–H and O–H groups in total. The van der Waals surface area contributed by atoms with E-state index in [0.717, 1.165) is 16.3 Å². The Morgan fingerprint density at radius 2 is 1.84 bits per heavy atom. The van der Waals surface area contributed by atoms with Crippen LogP contribution in [-0.2, 0) is 0 Å². The van der Waals surface area contributed by atoms with Crippen LogP contribution in [0, 0.1) is 0 Å². The fourth-order valence-electron chi connectivity index (χ4n) is 1.76. The van der Waals surface area contributed by atoms with Crippen LogP contribution in [0.1, 0.15) is 10.4 Å². The zero-order valence-corrected chi connectivity index (χ0v) is 11.7. The van der Waals surface area contributed by atoms with Crippen LogP contribution in [0.4, 0.5) is 5.69 Å². The predicted octanol–water partition coefficient (Wildman–Crippen LogP) is 3.26. The van der Waals surface area contributed by atoms with E-state index in [4.69, 9.17) is 4.74 Å². The van der Waals surface area contributed by atoms with Gasteiger partial charge in [-0.05, 0) is 42.5 Å². The Balaban J connectivity index is 2.23. The summed E-state index contributed by atoms with van der Waals surface area (Å²) in [5.74, 6) is 0.697. The topological polar surface area (TPSA) is 29.5 Å². The number of hydrogen-bond acceptors (Lipinski definition) is 3. The van der Waals surface area contributed by atoms with Crippen LogP contribution in [0.25, 0.3) is 0 Å². The highest BCUT2D eigenvalue weighted by molar-refractivity contribution is 7.80. The van der Waals surface area contributed by atoms with E-state index >= 15 is 0 Å². The summed E-state index contributed by atoms with van der Waals surface area (Å²) in [6, 6.07) is 14.5. The third-order valence-electron chi connectivity index (χ3n) is 2.86. The van der Waals surface area contributed by atoms with Crippen molar-refractivity contribution >= 4 is 24.2 Å². The summed E-state index contributed by atoms with van der Waals surface area (Å²) in [7, 11) is 3.36. The van der Waals surface area contributed by atoms with E-state index in [0.29, 0.717) is 5.56 Å². The number of hydrogen-bond donors (Lipinski definition) is 1. The fraction of sp³-hybridized carbons (Fsp3) is 0.133. The number of anilines is 1. The lowest BCUT2D eigenvalue weighted by Crippen LogP contribution is -2.26. The molecule has 0 fully saturated rings. The van der Waals surface area contributed by atoms with Gasteiger partial charge in [0, 0.05) is 23.2 Å². The number of amides is 1. The van der Waals surface area contributed by atoms with Crippen LogP contribution < -0.4 is 9.64 Å². The van der Waals surface area contributed by atoms with Gasteiger partial charge in [-0.2, -0.15) is 0 Å². The number of ether oxygens (including phenoxy) is 1. The zero-order chi connectivity index (χ0) is 13.8. The summed E-state index contributed by atoms with van der Waals surface area (Å²) >= 11 is 4.24. The SMILES string of the molecule is COc1ccc(N(C)C(=O)c2cccc(S)c2)cc1. The van der Waals surface area contributed by atoms with Crippen molar-refractivity contribution in [2.24, 2.45) is 0 Å². The van der Waals surface area contributed by atoms with Gasteiger partial charge in [0.15, 0.2) is 0 Å². The van der Waals surface area contributed by atoms with Gasteiger partial charge in [-0.25, -0.2) is 0 Å². The Labute approximate surface area is 118 Å². The molecule has 0 heterocycles. The standard InChI is InChI=1S/C15H15NO2S/c1-16(12-6-8-13(18-2)9-7-12)15(17)11-4-3-5-14(19)10-11/h3-10,19H,1-2H3. The molecule has 98 valence electrons. The van der Waals surface area contributed by atoms with Crippen molar-refractivity contribution < 1.29 is 9.53 Å². The molecular formula is C15H15NO2S. The van der Waals surface area contributed by atoms with Crippen molar-refractivity contribution in [1.29, 1.82) is 0 Å². The molecule has 0 aromatic heterocycles. The van der Waals surface area contributed by atoms with Crippen molar-refractivity contribution in [1.82, 2.24) is 0 Å². The third kappa shape index (κ3) is 3.09. The third-order valence-corrected chi connectivity index (χ3v) is 3.14. The summed E-state index contributed by atoms with van der Waals surface area (Å²) in [4.78, 5) is 14.7. The van der Waals surface area contributed by atoms with E-state index < -0.39 is 0 Å². The van der Waals surface area contributed by atoms with E-state index in [2.05, 4.69) is 12.6 Å². The van der Waals surface area contributed by atoms with Crippen LogP contribution in [-0.4, -0.2) is 20.1 Å². The highest BCUT2D eigenvalue weighted by atomic mass is 32.1. The molecule has 0 atom stereocenters. The number of methoxy groups -OCH3 is 1. The van der Waals surface area contributed by atoms with Gasteiger partial charge in [-0.15, -0.1) is 12.6 Å². The van der Waals surface area contributed by atoms with Gasteiger partial charge in [0.1, 0.15) is 5.75 Å². The highest BCUT2D eigenvalue weighted by Gasteiger charge is 2.13. The molecule has 4 heteroatoms. The summed E-state index contributed by atoms with van der Waals surface area (Å²) in [6.07, 6.45) is 0. The van der Waals surface area contributed by atoms with Gasteiger partial charge in [0.05, 0.1) is 7.11 Å². The van der Waals surface area contributed by atoms with Gasteiger partial charge in [-0.1, -0.05) is 6.07 Å². The van der Waals surface area contributed by atoms with E-state index in [9.17, 15) is 4.79 Å². The summed E-state index contributed by atoms with van der Waals surface area (Å²) in [5, 5.41) is 0. The molecule has 0 radical (unpaired) electrons. The summed E-state index contributed by atoms with van der Waals surface area (Å²) in [5.41, 5.74) is 1.43. The Morgan fingerprint density at radius 1 is 1.16 bits per heavy atom. The molecule has 0 unspecified atom stereocenters. The minimum atomic E-state index is -0.0685. The first-order valence-electron chi connectivity index (χ1n) is 5.83. The first kappa shape index (κ1) is 13.5. The maximum Gasteiger partial charge on any atom is 0.258 e. The van der Waals surface area contributed by atoms with E-state index in [1.165, 1.54) is 0 Å². The lowest BCUT2D eigenvalue weighted by Gasteiger charge is -2.17. The van der Waals surface area contributed by atoms with Gasteiger partial charge >= 0.3 is 0 Å². The van der Waals surface area contributed by atoms with Gasteiger partial charge in [0.2, 0.25) is 0 Å². The number of carbonyl (C=O) groups is 1. The molecule has 0 saturated carbocycles. The molecule has 2 aromatic carbocycles. The number of nitrogens with zero attached hydrogens (tertiary/aromatic N) is 1. The van der Waals surface area contributed by atoms with Crippen LogP contribution >= 0.6 is 12.6 Å². The lowest BCUT2D eigenvalue weighted by molar-refractivity contribution is 0.0993. The second kappa shape index (κ2) is 5.80. The Kier molecular flexibility index (Phi) is 4.12. The number of benzene rings is 2. The average molecular weight is 273 g/mol. The molecule has 0 spiro atoms. The zero-order valence-electron chi connectivity index (χ0n) is 10.8. The Hall–Kier alpha value is -1.94. The van der Waals surface area contributed by atoms with Crippen LogP contribution in [0.2, 0.25) is 0 Å². The molecule has 19 heavy (non-hydrogen) atoms. The molecule has 3 nitrogen and oxygen atoms in total. The van der Waals surface area contributed by atoms with Crippen molar-refractivity contribution in [3.05, 3.63) is 54.1 Å². The molecular weight excluding hydrogens is 258 g/mol. The molecule has 0 aliphatic heterocycles. The fourth-order valence-corrected chi connectivity index (χ4v) is 1.98. The molecule has 1 amide bonds.